The van der Waals surface area contributed by atoms with Gasteiger partial charge in [-0.05, 0) is 29.7 Å². The third kappa shape index (κ3) is 3.19. The Labute approximate surface area is 193 Å². The van der Waals surface area contributed by atoms with Gasteiger partial charge >= 0.3 is 0 Å². The van der Waals surface area contributed by atoms with E-state index in [2.05, 4.69) is 27.7 Å². The van der Waals surface area contributed by atoms with Crippen molar-refractivity contribution < 1.29 is 13.9 Å². The molecule has 0 N–H and O–H groups in total. The van der Waals surface area contributed by atoms with Gasteiger partial charge in [-0.3, -0.25) is 4.79 Å². The van der Waals surface area contributed by atoms with Crippen molar-refractivity contribution in [3.05, 3.63) is 63.4 Å². The number of nitrogens with zero attached hydrogens (tertiary/aromatic N) is 2. The molecule has 6 heteroatoms. The van der Waals surface area contributed by atoms with Crippen molar-refractivity contribution in [3.8, 4) is 11.8 Å². The molecular weight excluding hydrogens is 427 g/mol. The van der Waals surface area contributed by atoms with Crippen molar-refractivity contribution in [1.82, 2.24) is 4.90 Å². The van der Waals surface area contributed by atoms with Crippen molar-refractivity contribution in [2.45, 2.75) is 66.2 Å². The monoisotopic (exact) mass is 454 g/mol. The second-order valence-electron chi connectivity index (χ2n) is 10.4. The average molecular weight is 455 g/mol. The molecule has 32 heavy (non-hydrogen) atoms. The molecule has 0 radical (unpaired) electrons. The van der Waals surface area contributed by atoms with E-state index in [1.807, 2.05) is 24.8 Å². The molecule has 0 aromatic heterocycles. The van der Waals surface area contributed by atoms with E-state index in [1.165, 1.54) is 0 Å². The van der Waals surface area contributed by atoms with Crippen LogP contribution in [0.4, 0.5) is 4.39 Å². The Kier molecular flexibility index (Phi) is 5.29. The summed E-state index contributed by atoms with van der Waals surface area (Å²) in [5.41, 5.74) is 1.24. The summed E-state index contributed by atoms with van der Waals surface area (Å²) >= 11 is 6.18. The van der Waals surface area contributed by atoms with E-state index < -0.39 is 0 Å². The zero-order valence-corrected chi connectivity index (χ0v) is 20.0. The summed E-state index contributed by atoms with van der Waals surface area (Å²) < 4.78 is 21.5. The van der Waals surface area contributed by atoms with Gasteiger partial charge < -0.3 is 9.64 Å². The van der Waals surface area contributed by atoms with Crippen LogP contribution in [0.1, 0.15) is 74.5 Å². The number of fused-ring (bicyclic) bond motifs is 1. The van der Waals surface area contributed by atoms with E-state index in [0.29, 0.717) is 33.0 Å². The highest BCUT2D eigenvalue weighted by Gasteiger charge is 2.67. The van der Waals surface area contributed by atoms with Gasteiger partial charge in [0, 0.05) is 34.1 Å². The summed E-state index contributed by atoms with van der Waals surface area (Å²) in [6.07, 6.45) is -0.198. The Balaban J connectivity index is 1.62. The largest absolute Gasteiger partial charge is 0.489 e. The van der Waals surface area contributed by atoms with Crippen LogP contribution in [0, 0.1) is 28.0 Å². The molecule has 4 nitrogen and oxygen atoms in total. The fraction of sp³-hybridized carbons (Fsp3) is 0.462. The van der Waals surface area contributed by atoms with E-state index in [1.54, 1.807) is 30.3 Å². The maximum absolute atomic E-state index is 15.2. The number of carbonyl (C=O) groups excluding carboxylic acids is 1. The van der Waals surface area contributed by atoms with E-state index in [-0.39, 0.29) is 47.2 Å². The maximum atomic E-state index is 15.2. The molecule has 168 valence electrons. The topological polar surface area (TPSA) is 53.3 Å². The number of rotatable bonds is 4. The molecule has 1 amide bonds. The van der Waals surface area contributed by atoms with Gasteiger partial charge in [-0.25, -0.2) is 4.39 Å². The van der Waals surface area contributed by atoms with E-state index in [4.69, 9.17) is 21.6 Å². The van der Waals surface area contributed by atoms with Crippen molar-refractivity contribution >= 4 is 17.5 Å². The van der Waals surface area contributed by atoms with E-state index in [0.717, 1.165) is 0 Å². The molecule has 1 aliphatic carbocycles. The molecule has 0 atom stereocenters. The van der Waals surface area contributed by atoms with E-state index >= 15 is 4.39 Å². The van der Waals surface area contributed by atoms with Crippen LogP contribution in [0.25, 0.3) is 0 Å². The summed E-state index contributed by atoms with van der Waals surface area (Å²) in [6.45, 7) is 12.5. The predicted molar refractivity (Wildman–Crippen MR) is 122 cm³/mol. The van der Waals surface area contributed by atoms with Crippen LogP contribution in [0.15, 0.2) is 30.3 Å². The third-order valence-corrected chi connectivity index (χ3v) is 7.42. The van der Waals surface area contributed by atoms with Gasteiger partial charge in [0.2, 0.25) is 0 Å². The molecule has 0 unspecified atom stereocenters. The highest BCUT2D eigenvalue weighted by atomic mass is 35.5. The van der Waals surface area contributed by atoms with Crippen LogP contribution in [-0.4, -0.2) is 23.0 Å². The number of ether oxygens (including phenoxy) is 1. The van der Waals surface area contributed by atoms with Crippen LogP contribution in [-0.2, 0) is 6.54 Å². The number of hydrogen-bond donors (Lipinski definition) is 0. The van der Waals surface area contributed by atoms with Crippen molar-refractivity contribution in [3.63, 3.8) is 0 Å². The molecule has 1 heterocycles. The fourth-order valence-electron chi connectivity index (χ4n) is 6.06. The predicted octanol–water partition coefficient (Wildman–Crippen LogP) is 6.31. The van der Waals surface area contributed by atoms with Crippen LogP contribution in [0.5, 0.6) is 5.75 Å². The lowest BCUT2D eigenvalue weighted by atomic mass is 9.49. The Hall–Kier alpha value is -2.58. The van der Waals surface area contributed by atoms with Gasteiger partial charge in [-0.2, -0.15) is 5.26 Å². The average Bonchev–Trinajstić information content (AvgIpc) is 3.02. The minimum Gasteiger partial charge on any atom is -0.489 e. The quantitative estimate of drug-likeness (QED) is 0.543. The molecule has 2 aromatic rings. The summed E-state index contributed by atoms with van der Waals surface area (Å²) in [5, 5.41) is 9.44. The van der Waals surface area contributed by atoms with Gasteiger partial charge in [-0.15, -0.1) is 0 Å². The summed E-state index contributed by atoms with van der Waals surface area (Å²) in [5.74, 6) is 0.254. The number of nitriles is 1. The SMILES string of the molecule is CC(C)c1ccc2c(c1F)CN([C@H]1C(C)(C)[C@H](Oc3ccc(C#N)c(Cl)c3)C1(C)C)C2=O. The third-order valence-electron chi connectivity index (χ3n) is 7.10. The van der Waals surface area contributed by atoms with Crippen LogP contribution < -0.4 is 4.74 Å². The Morgan fingerprint density at radius 2 is 1.84 bits per heavy atom. The second kappa shape index (κ2) is 7.49. The van der Waals surface area contributed by atoms with Crippen LogP contribution in [0.2, 0.25) is 5.02 Å². The highest BCUT2D eigenvalue weighted by molar-refractivity contribution is 6.31. The van der Waals surface area contributed by atoms with Crippen molar-refractivity contribution in [1.29, 1.82) is 5.26 Å². The molecule has 2 aliphatic rings. The number of hydrogen-bond acceptors (Lipinski definition) is 3. The van der Waals surface area contributed by atoms with Gasteiger partial charge in [-0.1, -0.05) is 59.2 Å². The van der Waals surface area contributed by atoms with Crippen molar-refractivity contribution in [2.75, 3.05) is 0 Å². The summed E-state index contributed by atoms with van der Waals surface area (Å²) in [4.78, 5) is 15.1. The van der Waals surface area contributed by atoms with Crippen LogP contribution >= 0.6 is 11.6 Å². The van der Waals surface area contributed by atoms with Gasteiger partial charge in [0.05, 0.1) is 17.1 Å². The molecule has 1 saturated carbocycles. The first-order valence-corrected chi connectivity index (χ1v) is 11.3. The number of amides is 1. The summed E-state index contributed by atoms with van der Waals surface area (Å²) in [6, 6.07) is 10.5. The minimum absolute atomic E-state index is 0.0538. The Morgan fingerprint density at radius 3 is 2.41 bits per heavy atom. The first-order chi connectivity index (χ1) is 14.9. The number of halogens is 2. The summed E-state index contributed by atoms with van der Waals surface area (Å²) in [7, 11) is 0. The molecule has 0 spiro atoms. The molecule has 4 rings (SSSR count). The zero-order valence-electron chi connectivity index (χ0n) is 19.3. The second-order valence-corrected chi connectivity index (χ2v) is 10.8. The van der Waals surface area contributed by atoms with Crippen molar-refractivity contribution in [2.24, 2.45) is 10.8 Å². The molecule has 0 bridgehead atoms. The lowest BCUT2D eigenvalue weighted by Gasteiger charge is -2.65. The smallest absolute Gasteiger partial charge is 0.254 e. The van der Waals surface area contributed by atoms with Gasteiger partial charge in [0.25, 0.3) is 5.91 Å². The first-order valence-electron chi connectivity index (χ1n) is 10.9. The molecule has 1 fully saturated rings. The van der Waals surface area contributed by atoms with Gasteiger partial charge in [0.15, 0.2) is 0 Å². The number of carbonyl (C=O) groups is 1. The normalized spacial score (nSPS) is 23.0. The minimum atomic E-state index is -0.376. The Bertz CT molecular complexity index is 1130. The maximum Gasteiger partial charge on any atom is 0.254 e. The lowest BCUT2D eigenvalue weighted by molar-refractivity contribution is -0.199. The Morgan fingerprint density at radius 1 is 1.19 bits per heavy atom. The fourth-order valence-corrected chi connectivity index (χ4v) is 6.27. The lowest BCUT2D eigenvalue weighted by Crippen LogP contribution is -2.74. The molecule has 2 aromatic carbocycles. The molecule has 0 saturated heterocycles. The standard InChI is InChI=1S/C26H28ClFN2O2/c1-14(2)17-9-10-18-19(21(17)28)13-30(22(18)31)23-25(3,4)24(26(23,5)6)32-16-8-7-15(12-29)20(27)11-16/h7-11,14,23-24H,13H2,1-6H3/t23-,24-. The number of benzene rings is 2. The highest BCUT2D eigenvalue weighted by Crippen LogP contribution is 2.59. The molecule has 1 aliphatic heterocycles. The van der Waals surface area contributed by atoms with Gasteiger partial charge in [0.1, 0.15) is 23.7 Å². The zero-order chi connectivity index (χ0) is 23.6. The van der Waals surface area contributed by atoms with Crippen LogP contribution in [0.3, 0.4) is 0 Å². The van der Waals surface area contributed by atoms with E-state index in [9.17, 15) is 4.79 Å². The molecular formula is C26H28ClFN2O2. The first kappa shape index (κ1) is 22.6.